The van der Waals surface area contributed by atoms with E-state index in [0.29, 0.717) is 53.0 Å². The van der Waals surface area contributed by atoms with Crippen molar-refractivity contribution in [3.8, 4) is 23.0 Å². The van der Waals surface area contributed by atoms with Gasteiger partial charge in [-0.3, -0.25) is 5.43 Å². The predicted molar refractivity (Wildman–Crippen MR) is 170 cm³/mol. The number of aliphatic hydroxyl groups excluding tert-OH is 1. The first-order valence-corrected chi connectivity index (χ1v) is 14.8. The van der Waals surface area contributed by atoms with E-state index in [-0.39, 0.29) is 12.2 Å². The number of hydrogen-bond donors (Lipinski definition) is 4. The molecule has 12 nitrogen and oxygen atoms in total. The van der Waals surface area contributed by atoms with Crippen LogP contribution in [-0.2, 0) is 16.1 Å². The van der Waals surface area contributed by atoms with Gasteiger partial charge in [0.05, 0.1) is 38.7 Å². The molecule has 0 aromatic heterocycles. The summed E-state index contributed by atoms with van der Waals surface area (Å²) in [7, 11) is 2.83. The number of esters is 1. The van der Waals surface area contributed by atoms with Gasteiger partial charge in [-0.15, -0.1) is 0 Å². The topological polar surface area (TPSA) is 149 Å². The van der Waals surface area contributed by atoms with E-state index in [2.05, 4.69) is 37.1 Å². The van der Waals surface area contributed by atoms with Gasteiger partial charge in [0, 0.05) is 15.7 Å². The third-order valence-electron chi connectivity index (χ3n) is 6.62. The summed E-state index contributed by atoms with van der Waals surface area (Å²) >= 11 is 3.53. The van der Waals surface area contributed by atoms with Crippen LogP contribution in [-0.4, -0.2) is 57.0 Å². The first kappa shape index (κ1) is 33.1. The molecule has 0 radical (unpaired) electrons. The second-order valence-electron chi connectivity index (χ2n) is 9.71. The van der Waals surface area contributed by atoms with Gasteiger partial charge in [-0.25, -0.2) is 9.59 Å². The molecule has 4 rings (SSSR count). The molecule has 13 heteroatoms. The quantitative estimate of drug-likeness (QED) is 0.0831. The number of carbonyl (C=O) groups is 2. The van der Waals surface area contributed by atoms with Crippen LogP contribution < -0.4 is 35.0 Å². The molecule has 2 amide bonds. The summed E-state index contributed by atoms with van der Waals surface area (Å²) in [6, 6.07) is 17.2. The van der Waals surface area contributed by atoms with Crippen LogP contribution in [0.3, 0.4) is 0 Å². The Morgan fingerprint density at radius 1 is 1.04 bits per heavy atom. The van der Waals surface area contributed by atoms with E-state index >= 15 is 0 Å². The van der Waals surface area contributed by atoms with Crippen molar-refractivity contribution in [3.05, 3.63) is 93.1 Å². The Labute approximate surface area is 269 Å². The van der Waals surface area contributed by atoms with Gasteiger partial charge >= 0.3 is 12.0 Å². The maximum absolute atomic E-state index is 12.5. The number of rotatable bonds is 14. The van der Waals surface area contributed by atoms with E-state index in [1.54, 1.807) is 44.4 Å². The van der Waals surface area contributed by atoms with Crippen molar-refractivity contribution in [1.82, 2.24) is 16.1 Å². The molecule has 4 N–H and O–H groups in total. The number of nitrogens with zero attached hydrogens (tertiary/aromatic N) is 1. The summed E-state index contributed by atoms with van der Waals surface area (Å²) in [5.41, 5.74) is 5.59. The molecule has 0 fully saturated rings. The van der Waals surface area contributed by atoms with E-state index < -0.39 is 24.3 Å². The largest absolute Gasteiger partial charge is 0.493 e. The van der Waals surface area contributed by atoms with E-state index in [1.807, 2.05) is 37.3 Å². The number of hydrogen-bond acceptors (Lipinski definition) is 10. The van der Waals surface area contributed by atoms with Gasteiger partial charge in [-0.1, -0.05) is 36.4 Å². The van der Waals surface area contributed by atoms with Crippen molar-refractivity contribution < 1.29 is 38.4 Å². The molecule has 1 aliphatic heterocycles. The number of benzene rings is 3. The molecule has 0 spiro atoms. The van der Waals surface area contributed by atoms with Gasteiger partial charge in [0.25, 0.3) is 0 Å². The van der Waals surface area contributed by atoms with Gasteiger partial charge < -0.3 is 39.4 Å². The molecular weight excluding hydrogens is 648 g/mol. The molecule has 238 valence electrons. The van der Waals surface area contributed by atoms with Crippen LogP contribution in [0, 0.1) is 0 Å². The lowest BCUT2D eigenvalue weighted by atomic mass is 9.95. The molecule has 0 unspecified atom stereocenters. The minimum Gasteiger partial charge on any atom is -0.493 e. The third kappa shape index (κ3) is 8.67. The standard InChI is InChI=1S/C32H35BrN4O8/c1-5-43-26-13-21(30-29(31(39)42-4)19(2)35-32(40)36-30)11-12-24(26)45-18-28(38)37-34-16-22-14-25(41-3)27(15-23(22)33)44-17-20-9-7-6-8-10-20/h6-16,28,30,37-38H,5,17-18H2,1-4H3,(H2,35,36,40)/b34-16-/t28-,30-/m1/s1. The summed E-state index contributed by atoms with van der Waals surface area (Å²) in [6.07, 6.45) is 0.364. The van der Waals surface area contributed by atoms with Crippen LogP contribution in [0.4, 0.5) is 4.79 Å². The van der Waals surface area contributed by atoms with Gasteiger partial charge in [0.15, 0.2) is 29.2 Å². The Morgan fingerprint density at radius 2 is 1.80 bits per heavy atom. The number of urea groups is 1. The van der Waals surface area contributed by atoms with E-state index in [4.69, 9.17) is 23.7 Å². The lowest BCUT2D eigenvalue weighted by Crippen LogP contribution is -2.45. The fourth-order valence-electron chi connectivity index (χ4n) is 4.47. The number of amides is 2. The molecule has 0 saturated heterocycles. The van der Waals surface area contributed by atoms with Crippen LogP contribution in [0.5, 0.6) is 23.0 Å². The minimum absolute atomic E-state index is 0.163. The van der Waals surface area contributed by atoms with E-state index in [1.165, 1.54) is 13.3 Å². The molecule has 0 bridgehead atoms. The number of aliphatic hydroxyl groups is 1. The molecule has 1 aliphatic rings. The summed E-state index contributed by atoms with van der Waals surface area (Å²) in [5, 5.41) is 20.0. The number of carbonyl (C=O) groups excluding carboxylic acids is 2. The zero-order valence-corrected chi connectivity index (χ0v) is 26.8. The molecule has 0 aliphatic carbocycles. The van der Waals surface area contributed by atoms with Crippen molar-refractivity contribution in [2.45, 2.75) is 32.7 Å². The number of methoxy groups -OCH3 is 2. The van der Waals surface area contributed by atoms with Crippen molar-refractivity contribution in [2.24, 2.45) is 5.10 Å². The Hall–Kier alpha value is -4.75. The van der Waals surface area contributed by atoms with Crippen LogP contribution >= 0.6 is 15.9 Å². The maximum Gasteiger partial charge on any atom is 0.337 e. The second kappa shape index (κ2) is 15.8. The normalized spacial score (nSPS) is 15.2. The van der Waals surface area contributed by atoms with Gasteiger partial charge in [-0.05, 0) is 65.2 Å². The molecule has 45 heavy (non-hydrogen) atoms. The Balaban J connectivity index is 1.39. The highest BCUT2D eigenvalue weighted by molar-refractivity contribution is 9.10. The summed E-state index contributed by atoms with van der Waals surface area (Å²) < 4.78 is 28.6. The fraction of sp³-hybridized carbons (Fsp3) is 0.281. The number of ether oxygens (including phenoxy) is 5. The molecule has 3 aromatic carbocycles. The zero-order valence-electron chi connectivity index (χ0n) is 25.3. The molecule has 1 heterocycles. The van der Waals surface area contributed by atoms with Crippen molar-refractivity contribution in [1.29, 1.82) is 0 Å². The van der Waals surface area contributed by atoms with E-state index in [0.717, 1.165) is 10.0 Å². The fourth-order valence-corrected chi connectivity index (χ4v) is 4.90. The highest BCUT2D eigenvalue weighted by atomic mass is 79.9. The molecule has 0 saturated carbocycles. The minimum atomic E-state index is -1.16. The molecular formula is C32H35BrN4O8. The Morgan fingerprint density at radius 3 is 2.51 bits per heavy atom. The average Bonchev–Trinajstić information content (AvgIpc) is 3.03. The first-order valence-electron chi connectivity index (χ1n) is 14.0. The zero-order chi connectivity index (χ0) is 32.3. The van der Waals surface area contributed by atoms with Gasteiger partial charge in [-0.2, -0.15) is 5.10 Å². The maximum atomic E-state index is 12.5. The van der Waals surface area contributed by atoms with Crippen molar-refractivity contribution in [2.75, 3.05) is 27.4 Å². The predicted octanol–water partition coefficient (Wildman–Crippen LogP) is 4.56. The first-order chi connectivity index (χ1) is 21.7. The molecule has 3 aromatic rings. The third-order valence-corrected chi connectivity index (χ3v) is 7.31. The van der Waals surface area contributed by atoms with Crippen LogP contribution in [0.25, 0.3) is 0 Å². The molecule has 2 atom stereocenters. The second-order valence-corrected chi connectivity index (χ2v) is 10.6. The van der Waals surface area contributed by atoms with Crippen molar-refractivity contribution in [3.63, 3.8) is 0 Å². The van der Waals surface area contributed by atoms with Crippen LogP contribution in [0.2, 0.25) is 0 Å². The lowest BCUT2D eigenvalue weighted by molar-refractivity contribution is -0.136. The SMILES string of the molecule is CCOc1cc([C@H]2NC(=O)NC(C)=C2C(=O)OC)ccc1OC[C@@H](O)N/N=C\c1cc(OC)c(OCc2ccccc2)cc1Br. The number of hydrazone groups is 1. The van der Waals surface area contributed by atoms with E-state index in [9.17, 15) is 14.7 Å². The summed E-state index contributed by atoms with van der Waals surface area (Å²) in [5.74, 6) is 1.24. The highest BCUT2D eigenvalue weighted by Gasteiger charge is 2.32. The summed E-state index contributed by atoms with van der Waals surface area (Å²) in [4.78, 5) is 24.6. The number of halogens is 1. The lowest BCUT2D eigenvalue weighted by Gasteiger charge is -2.28. The van der Waals surface area contributed by atoms with Crippen molar-refractivity contribution >= 4 is 34.1 Å². The Bertz CT molecular complexity index is 1560. The smallest absolute Gasteiger partial charge is 0.337 e. The van der Waals surface area contributed by atoms with Gasteiger partial charge in [0.2, 0.25) is 0 Å². The number of allylic oxidation sites excluding steroid dienone is 1. The average molecular weight is 684 g/mol. The number of nitrogens with one attached hydrogen (secondary N) is 3. The summed E-state index contributed by atoms with van der Waals surface area (Å²) in [6.45, 7) is 3.99. The highest BCUT2D eigenvalue weighted by Crippen LogP contribution is 2.35. The van der Waals surface area contributed by atoms with Crippen LogP contribution in [0.1, 0.15) is 36.6 Å². The Kier molecular flexibility index (Phi) is 11.7. The van der Waals surface area contributed by atoms with Crippen LogP contribution in [0.15, 0.2) is 81.5 Å². The van der Waals surface area contributed by atoms with Gasteiger partial charge in [0.1, 0.15) is 13.2 Å². The monoisotopic (exact) mass is 682 g/mol.